The number of nitriles is 3. The molecule has 1 saturated heterocycles. The maximum atomic E-state index is 14.0. The van der Waals surface area contributed by atoms with E-state index in [1.807, 2.05) is 13.1 Å². The molecule has 0 saturated carbocycles. The minimum Gasteiger partial charge on any atom is -0.399 e. The Hall–Kier alpha value is -3.14. The summed E-state index contributed by atoms with van der Waals surface area (Å²) in [6, 6.07) is 12.6. The van der Waals surface area contributed by atoms with Gasteiger partial charge in [-0.15, -0.1) is 0 Å². The molecule has 2 heterocycles. The standard InChI is InChI=1S/C21H18FN5/c1-27-14-5-6-17(27)18-15(8-14)16(9-23)20(26)21(10-24,11-25)19(18)12-3-2-4-13(22)7-12/h2-4,7-8,14,17-19H,5-6,26H2,1H3/t14-,17-,18-,19-/m0/s1. The molecule has 0 unspecified atom stereocenters. The molecule has 0 spiro atoms. The minimum absolute atomic E-state index is 0.0179. The van der Waals surface area contributed by atoms with Crippen molar-refractivity contribution in [1.82, 2.24) is 4.90 Å². The van der Waals surface area contributed by atoms with E-state index in [1.165, 1.54) is 12.1 Å². The van der Waals surface area contributed by atoms with Crippen LogP contribution >= 0.6 is 0 Å². The zero-order chi connectivity index (χ0) is 19.3. The lowest BCUT2D eigenvalue weighted by Gasteiger charge is -2.48. The number of benzene rings is 1. The Balaban J connectivity index is 2.06. The minimum atomic E-state index is -1.71. The quantitative estimate of drug-likeness (QED) is 0.831. The van der Waals surface area contributed by atoms with Crippen molar-refractivity contribution in [3.8, 4) is 18.2 Å². The molecule has 4 rings (SSSR count). The van der Waals surface area contributed by atoms with Gasteiger partial charge in [0, 0.05) is 23.9 Å². The van der Waals surface area contributed by atoms with E-state index in [2.05, 4.69) is 23.1 Å². The van der Waals surface area contributed by atoms with Gasteiger partial charge in [-0.2, -0.15) is 15.8 Å². The molecule has 27 heavy (non-hydrogen) atoms. The summed E-state index contributed by atoms with van der Waals surface area (Å²) in [5.41, 5.74) is 6.14. The fourth-order valence-corrected chi connectivity index (χ4v) is 5.16. The number of nitrogens with zero attached hydrogens (tertiary/aromatic N) is 4. The number of likely N-dealkylation sites (N-methyl/N-ethyl adjacent to an activating group) is 1. The van der Waals surface area contributed by atoms with Gasteiger partial charge in [-0.25, -0.2) is 4.39 Å². The van der Waals surface area contributed by atoms with Crippen LogP contribution < -0.4 is 5.73 Å². The van der Waals surface area contributed by atoms with Gasteiger partial charge in [0.2, 0.25) is 0 Å². The average molecular weight is 359 g/mol. The fraction of sp³-hybridized carbons (Fsp3) is 0.381. The summed E-state index contributed by atoms with van der Waals surface area (Å²) in [5, 5.41) is 29.8. The highest BCUT2D eigenvalue weighted by Crippen LogP contribution is 2.58. The number of nitrogens with two attached hydrogens (primary N) is 1. The van der Waals surface area contributed by atoms with E-state index in [-0.39, 0.29) is 29.3 Å². The lowest BCUT2D eigenvalue weighted by atomic mass is 9.56. The normalized spacial score (nSPS) is 31.3. The zero-order valence-corrected chi connectivity index (χ0v) is 14.9. The summed E-state index contributed by atoms with van der Waals surface area (Å²) in [6.45, 7) is 0. The summed E-state index contributed by atoms with van der Waals surface area (Å²) < 4.78 is 14.0. The molecular weight excluding hydrogens is 341 g/mol. The highest BCUT2D eigenvalue weighted by Gasteiger charge is 2.58. The van der Waals surface area contributed by atoms with Gasteiger partial charge in [-0.3, -0.25) is 4.90 Å². The summed E-state index contributed by atoms with van der Waals surface area (Å²) in [5.74, 6) is -1.33. The third-order valence-corrected chi connectivity index (χ3v) is 6.43. The zero-order valence-electron chi connectivity index (χ0n) is 14.9. The average Bonchev–Trinajstić information content (AvgIpc) is 2.90. The van der Waals surface area contributed by atoms with Crippen LogP contribution in [0.25, 0.3) is 0 Å². The van der Waals surface area contributed by atoms with Gasteiger partial charge >= 0.3 is 0 Å². The second-order valence-corrected chi connectivity index (χ2v) is 7.49. The maximum Gasteiger partial charge on any atom is 0.191 e. The third-order valence-electron chi connectivity index (χ3n) is 6.43. The first-order valence-corrected chi connectivity index (χ1v) is 8.90. The molecule has 4 atom stereocenters. The number of allylic oxidation sites excluding steroid dienone is 2. The van der Waals surface area contributed by atoms with Crippen LogP contribution in [-0.4, -0.2) is 24.0 Å². The summed E-state index contributed by atoms with van der Waals surface area (Å²) in [7, 11) is 2.02. The van der Waals surface area contributed by atoms with Crippen LogP contribution in [0.4, 0.5) is 4.39 Å². The Morgan fingerprint density at radius 3 is 2.59 bits per heavy atom. The van der Waals surface area contributed by atoms with Gasteiger partial charge in [0.15, 0.2) is 5.41 Å². The Morgan fingerprint density at radius 2 is 1.96 bits per heavy atom. The van der Waals surface area contributed by atoms with Gasteiger partial charge in [-0.1, -0.05) is 18.2 Å². The van der Waals surface area contributed by atoms with E-state index in [1.54, 1.807) is 12.1 Å². The van der Waals surface area contributed by atoms with E-state index >= 15 is 0 Å². The smallest absolute Gasteiger partial charge is 0.191 e. The van der Waals surface area contributed by atoms with E-state index in [0.717, 1.165) is 18.4 Å². The van der Waals surface area contributed by atoms with Crippen molar-refractivity contribution in [2.75, 3.05) is 7.05 Å². The van der Waals surface area contributed by atoms with Gasteiger partial charge in [0.25, 0.3) is 0 Å². The molecule has 0 aromatic heterocycles. The third kappa shape index (κ3) is 2.16. The van der Waals surface area contributed by atoms with Crippen molar-refractivity contribution < 1.29 is 4.39 Å². The Kier molecular flexibility index (Phi) is 3.81. The van der Waals surface area contributed by atoms with Crippen molar-refractivity contribution in [2.24, 2.45) is 17.1 Å². The molecule has 1 aromatic carbocycles. The first-order valence-electron chi connectivity index (χ1n) is 8.90. The predicted octanol–water partition coefficient (Wildman–Crippen LogP) is 2.71. The van der Waals surface area contributed by atoms with Crippen molar-refractivity contribution >= 4 is 0 Å². The molecular formula is C21H18FN5. The molecule has 0 radical (unpaired) electrons. The van der Waals surface area contributed by atoms with Crippen LogP contribution in [0.15, 0.2) is 47.2 Å². The molecule has 3 aliphatic rings. The largest absolute Gasteiger partial charge is 0.399 e. The lowest BCUT2D eigenvalue weighted by molar-refractivity contribution is 0.160. The number of rotatable bonds is 1. The number of halogens is 1. The lowest BCUT2D eigenvalue weighted by Crippen LogP contribution is -2.51. The second kappa shape index (κ2) is 5.95. The van der Waals surface area contributed by atoms with Gasteiger partial charge in [-0.05, 0) is 43.2 Å². The molecule has 2 bridgehead atoms. The van der Waals surface area contributed by atoms with Crippen LogP contribution in [0.3, 0.4) is 0 Å². The van der Waals surface area contributed by atoms with Crippen LogP contribution in [-0.2, 0) is 0 Å². The Bertz CT molecular complexity index is 989. The van der Waals surface area contributed by atoms with Crippen molar-refractivity contribution in [3.05, 3.63) is 58.6 Å². The van der Waals surface area contributed by atoms with Crippen LogP contribution in [0, 0.1) is 51.1 Å². The number of hydrogen-bond donors (Lipinski definition) is 1. The predicted molar refractivity (Wildman–Crippen MR) is 95.8 cm³/mol. The summed E-state index contributed by atoms with van der Waals surface area (Å²) in [4.78, 5) is 2.23. The SMILES string of the molecule is CN1[C@@H]2C=C3C(C#N)=C(N)C(C#N)(C#N)[C@@H](c4cccc(F)c4)[C@@H]3[C@@H]1CC2. The van der Waals surface area contributed by atoms with Gasteiger partial charge in [0.1, 0.15) is 11.9 Å². The molecule has 6 heteroatoms. The molecule has 1 aliphatic carbocycles. The van der Waals surface area contributed by atoms with Crippen molar-refractivity contribution in [2.45, 2.75) is 30.8 Å². The molecule has 134 valence electrons. The molecule has 2 aliphatic heterocycles. The topological polar surface area (TPSA) is 101 Å². The molecule has 0 amide bonds. The first kappa shape index (κ1) is 17.3. The molecule has 1 aromatic rings. The monoisotopic (exact) mass is 359 g/mol. The van der Waals surface area contributed by atoms with Crippen molar-refractivity contribution in [3.63, 3.8) is 0 Å². The first-order chi connectivity index (χ1) is 13.0. The number of hydrogen-bond acceptors (Lipinski definition) is 5. The molecule has 1 fully saturated rings. The van der Waals surface area contributed by atoms with E-state index in [9.17, 15) is 20.2 Å². The second-order valence-electron chi connectivity index (χ2n) is 7.49. The fourth-order valence-electron chi connectivity index (χ4n) is 5.16. The van der Waals surface area contributed by atoms with Crippen molar-refractivity contribution in [1.29, 1.82) is 15.8 Å². The van der Waals surface area contributed by atoms with E-state index in [0.29, 0.717) is 5.56 Å². The summed E-state index contributed by atoms with van der Waals surface area (Å²) in [6.07, 6.45) is 3.88. The van der Waals surface area contributed by atoms with Crippen LogP contribution in [0.5, 0.6) is 0 Å². The van der Waals surface area contributed by atoms with Gasteiger partial charge in [0.05, 0.1) is 23.4 Å². The Labute approximate surface area is 157 Å². The Morgan fingerprint density at radius 1 is 1.22 bits per heavy atom. The summed E-state index contributed by atoms with van der Waals surface area (Å²) >= 11 is 0. The van der Waals surface area contributed by atoms with Crippen LogP contribution in [0.2, 0.25) is 0 Å². The van der Waals surface area contributed by atoms with E-state index < -0.39 is 17.2 Å². The maximum absolute atomic E-state index is 14.0. The van der Waals surface area contributed by atoms with Crippen LogP contribution in [0.1, 0.15) is 24.3 Å². The highest BCUT2D eigenvalue weighted by atomic mass is 19.1. The molecule has 2 N–H and O–H groups in total. The number of fused-ring (bicyclic) bond motifs is 4. The molecule has 5 nitrogen and oxygen atoms in total. The van der Waals surface area contributed by atoms with Gasteiger partial charge < -0.3 is 5.73 Å². The highest BCUT2D eigenvalue weighted by molar-refractivity contribution is 5.60. The van der Waals surface area contributed by atoms with E-state index in [4.69, 9.17) is 5.73 Å².